The fourth-order valence-electron chi connectivity index (χ4n) is 3.97. The summed E-state index contributed by atoms with van der Waals surface area (Å²) in [6, 6.07) is 3.50. The van der Waals surface area contributed by atoms with Gasteiger partial charge < -0.3 is 19.2 Å². The maximum Gasteiger partial charge on any atom is 0.287 e. The zero-order valence-electron chi connectivity index (χ0n) is 14.8. The maximum absolute atomic E-state index is 12.5. The number of hydrogen-bond acceptors (Lipinski definition) is 4. The molecule has 0 aromatic carbocycles. The van der Waals surface area contributed by atoms with Crippen molar-refractivity contribution in [3.63, 3.8) is 0 Å². The van der Waals surface area contributed by atoms with E-state index in [4.69, 9.17) is 4.42 Å². The van der Waals surface area contributed by atoms with Crippen LogP contribution >= 0.6 is 0 Å². The second-order valence-corrected chi connectivity index (χ2v) is 7.04. The Bertz CT molecular complexity index is 852. The molecule has 2 aromatic heterocycles. The van der Waals surface area contributed by atoms with Crippen LogP contribution in [0.3, 0.4) is 0 Å². The summed E-state index contributed by atoms with van der Waals surface area (Å²) in [5.74, 6) is 0.938. The number of imidazole rings is 1. The quantitative estimate of drug-likeness (QED) is 0.892. The zero-order valence-corrected chi connectivity index (χ0v) is 14.8. The minimum atomic E-state index is -0.220. The van der Waals surface area contributed by atoms with Gasteiger partial charge >= 0.3 is 0 Å². The third-order valence-corrected chi connectivity index (χ3v) is 5.43. The third kappa shape index (κ3) is 2.94. The van der Waals surface area contributed by atoms with Crippen LogP contribution < -0.4 is 5.32 Å². The largest absolute Gasteiger partial charge is 0.454 e. The molecule has 2 amide bonds. The van der Waals surface area contributed by atoms with Crippen molar-refractivity contribution < 1.29 is 14.0 Å². The zero-order chi connectivity index (χ0) is 18.1. The third-order valence-electron chi connectivity index (χ3n) is 5.43. The molecule has 1 unspecified atom stereocenters. The molecule has 0 bridgehead atoms. The molecule has 136 valence electrons. The lowest BCUT2D eigenvalue weighted by molar-refractivity contribution is -0.131. The smallest absolute Gasteiger partial charge is 0.287 e. The second kappa shape index (κ2) is 6.48. The summed E-state index contributed by atoms with van der Waals surface area (Å²) in [4.78, 5) is 30.2. The van der Waals surface area contributed by atoms with E-state index < -0.39 is 0 Å². The van der Waals surface area contributed by atoms with E-state index in [1.54, 1.807) is 29.6 Å². The van der Waals surface area contributed by atoms with Crippen LogP contribution in [0.5, 0.6) is 0 Å². The van der Waals surface area contributed by atoms with Crippen molar-refractivity contribution in [2.24, 2.45) is 5.41 Å². The summed E-state index contributed by atoms with van der Waals surface area (Å²) in [7, 11) is 1.82. The first-order valence-electron chi connectivity index (χ1n) is 8.87. The van der Waals surface area contributed by atoms with Crippen molar-refractivity contribution in [2.75, 3.05) is 13.6 Å². The molecule has 1 saturated heterocycles. The minimum Gasteiger partial charge on any atom is -0.454 e. The fraction of sp³-hybridized carbons (Fsp3) is 0.421. The number of nitrogens with one attached hydrogen (secondary N) is 1. The molecule has 1 aliphatic heterocycles. The molecule has 1 N–H and O–H groups in total. The maximum atomic E-state index is 12.5. The van der Waals surface area contributed by atoms with Gasteiger partial charge in [-0.1, -0.05) is 6.08 Å². The van der Waals surface area contributed by atoms with E-state index in [1.165, 1.54) is 0 Å². The van der Waals surface area contributed by atoms with E-state index in [1.807, 2.05) is 17.8 Å². The van der Waals surface area contributed by atoms with Gasteiger partial charge in [0.15, 0.2) is 5.76 Å². The average molecular weight is 354 g/mol. The van der Waals surface area contributed by atoms with Gasteiger partial charge in [-0.2, -0.15) is 0 Å². The standard InChI is InChI=1S/C19H22N4O3/c1-22-16-3-2-7-19(16,8-6-17(22)24)12-21-18(25)15-5-4-14(26-15)11-23-10-9-20-13-23/h3-5,9-10,13H,2,6-8,11-12H2,1H3,(H,21,25). The number of hydrogen-bond donors (Lipinski definition) is 1. The van der Waals surface area contributed by atoms with Crippen LogP contribution in [-0.2, 0) is 11.3 Å². The molecule has 26 heavy (non-hydrogen) atoms. The Morgan fingerprint density at radius 1 is 1.38 bits per heavy atom. The van der Waals surface area contributed by atoms with Gasteiger partial charge in [-0.25, -0.2) is 4.98 Å². The topological polar surface area (TPSA) is 80.4 Å². The molecule has 7 nitrogen and oxygen atoms in total. The van der Waals surface area contributed by atoms with Gasteiger partial charge in [0.25, 0.3) is 5.91 Å². The highest BCUT2D eigenvalue weighted by molar-refractivity contribution is 5.91. The Hall–Kier alpha value is -2.83. The predicted molar refractivity (Wildman–Crippen MR) is 94.1 cm³/mol. The van der Waals surface area contributed by atoms with Gasteiger partial charge in [-0.3, -0.25) is 9.59 Å². The van der Waals surface area contributed by atoms with Crippen LogP contribution in [0.4, 0.5) is 0 Å². The molecular formula is C19H22N4O3. The number of furan rings is 1. The van der Waals surface area contributed by atoms with E-state index in [-0.39, 0.29) is 17.2 Å². The molecule has 1 aliphatic carbocycles. The van der Waals surface area contributed by atoms with Crippen molar-refractivity contribution in [2.45, 2.75) is 32.2 Å². The Morgan fingerprint density at radius 2 is 2.27 bits per heavy atom. The molecular weight excluding hydrogens is 332 g/mol. The molecule has 2 aromatic rings. The Balaban J connectivity index is 1.40. The molecule has 0 saturated carbocycles. The fourth-order valence-corrected chi connectivity index (χ4v) is 3.97. The van der Waals surface area contributed by atoms with Crippen molar-refractivity contribution in [3.8, 4) is 0 Å². The summed E-state index contributed by atoms with van der Waals surface area (Å²) < 4.78 is 7.54. The lowest BCUT2D eigenvalue weighted by Crippen LogP contribution is -2.46. The average Bonchev–Trinajstić information content (AvgIpc) is 3.38. The van der Waals surface area contributed by atoms with Crippen LogP contribution in [0.25, 0.3) is 0 Å². The van der Waals surface area contributed by atoms with E-state index in [2.05, 4.69) is 16.4 Å². The summed E-state index contributed by atoms with van der Waals surface area (Å²) in [6.07, 6.45) is 10.6. The minimum absolute atomic E-state index is 0.134. The normalized spacial score (nSPS) is 22.3. The number of likely N-dealkylation sites (tertiary alicyclic amines) is 1. The molecule has 3 heterocycles. The number of carbonyl (C=O) groups excluding carboxylic acids is 2. The molecule has 0 spiro atoms. The van der Waals surface area contributed by atoms with E-state index in [9.17, 15) is 9.59 Å². The lowest BCUT2D eigenvalue weighted by Gasteiger charge is -2.41. The van der Waals surface area contributed by atoms with Crippen LogP contribution in [0.2, 0.25) is 0 Å². The Morgan fingerprint density at radius 3 is 3.08 bits per heavy atom. The van der Waals surface area contributed by atoms with Crippen LogP contribution in [0.1, 0.15) is 42.0 Å². The van der Waals surface area contributed by atoms with Gasteiger partial charge in [-0.05, 0) is 31.4 Å². The summed E-state index contributed by atoms with van der Waals surface area (Å²) in [5.41, 5.74) is 0.916. The summed E-state index contributed by atoms with van der Waals surface area (Å²) in [6.45, 7) is 1.06. The van der Waals surface area contributed by atoms with Gasteiger partial charge in [-0.15, -0.1) is 0 Å². The van der Waals surface area contributed by atoms with Gasteiger partial charge in [0, 0.05) is 43.5 Å². The SMILES string of the molecule is CN1C(=O)CCC2(CNC(=O)c3ccc(Cn4ccnc4)o3)CCC=C12. The molecule has 4 rings (SSSR count). The van der Waals surface area contributed by atoms with E-state index in [0.717, 1.165) is 25.0 Å². The second-order valence-electron chi connectivity index (χ2n) is 7.04. The van der Waals surface area contributed by atoms with Crippen LogP contribution in [0, 0.1) is 5.41 Å². The van der Waals surface area contributed by atoms with Crippen molar-refractivity contribution in [1.82, 2.24) is 19.8 Å². The molecule has 1 fully saturated rings. The van der Waals surface area contributed by atoms with Crippen molar-refractivity contribution >= 4 is 11.8 Å². The van der Waals surface area contributed by atoms with Crippen LogP contribution in [-0.4, -0.2) is 39.9 Å². The highest BCUT2D eigenvalue weighted by Gasteiger charge is 2.44. The van der Waals surface area contributed by atoms with E-state index >= 15 is 0 Å². The predicted octanol–water partition coefficient (Wildman–Crippen LogP) is 2.17. The number of allylic oxidation sites excluding steroid dienone is 1. The Labute approximate surface area is 151 Å². The molecule has 1 atom stereocenters. The number of amides is 2. The number of fused-ring (bicyclic) bond motifs is 1. The summed E-state index contributed by atoms with van der Waals surface area (Å²) >= 11 is 0. The van der Waals surface area contributed by atoms with Gasteiger partial charge in [0.2, 0.25) is 5.91 Å². The monoisotopic (exact) mass is 354 g/mol. The Kier molecular flexibility index (Phi) is 4.14. The first-order chi connectivity index (χ1) is 12.6. The number of nitrogens with zero attached hydrogens (tertiary/aromatic N) is 3. The van der Waals surface area contributed by atoms with Gasteiger partial charge in [0.05, 0.1) is 12.9 Å². The first-order valence-corrected chi connectivity index (χ1v) is 8.87. The van der Waals surface area contributed by atoms with Crippen molar-refractivity contribution in [1.29, 1.82) is 0 Å². The highest BCUT2D eigenvalue weighted by atomic mass is 16.4. The number of rotatable bonds is 5. The molecule has 7 heteroatoms. The number of aromatic nitrogens is 2. The first kappa shape index (κ1) is 16.6. The highest BCUT2D eigenvalue weighted by Crippen LogP contribution is 2.46. The number of piperidine rings is 1. The number of carbonyl (C=O) groups is 2. The molecule has 2 aliphatic rings. The molecule has 0 radical (unpaired) electrons. The summed E-state index contributed by atoms with van der Waals surface area (Å²) in [5, 5.41) is 3.01. The van der Waals surface area contributed by atoms with Gasteiger partial charge in [0.1, 0.15) is 5.76 Å². The van der Waals surface area contributed by atoms with Crippen LogP contribution in [0.15, 0.2) is 47.0 Å². The lowest BCUT2D eigenvalue weighted by atomic mass is 9.77. The van der Waals surface area contributed by atoms with E-state index in [0.29, 0.717) is 31.0 Å². The van der Waals surface area contributed by atoms with Crippen molar-refractivity contribution in [3.05, 3.63) is 54.1 Å².